The summed E-state index contributed by atoms with van der Waals surface area (Å²) in [6, 6.07) is 11.4. The number of benzene rings is 2. The van der Waals surface area contributed by atoms with Crippen LogP contribution in [0, 0.1) is 0 Å². The molecule has 3 aromatic rings. The Morgan fingerprint density at radius 3 is 2.15 bits per heavy atom. The van der Waals surface area contributed by atoms with Crippen molar-refractivity contribution in [1.29, 1.82) is 0 Å². The van der Waals surface area contributed by atoms with Crippen molar-refractivity contribution < 1.29 is 18.0 Å². The Morgan fingerprint density at radius 2 is 1.63 bits per heavy atom. The van der Waals surface area contributed by atoms with Crippen LogP contribution >= 0.6 is 23.2 Å². The van der Waals surface area contributed by atoms with Gasteiger partial charge >= 0.3 is 6.18 Å². The topological polar surface area (TPSA) is 60.9 Å². The Labute approximate surface area is 162 Å². The van der Waals surface area contributed by atoms with Gasteiger partial charge in [-0.1, -0.05) is 47.5 Å². The molecule has 4 nitrogen and oxygen atoms in total. The summed E-state index contributed by atoms with van der Waals surface area (Å²) < 4.78 is 41.0. The minimum absolute atomic E-state index is 0.0403. The van der Waals surface area contributed by atoms with Crippen LogP contribution in [-0.2, 0) is 13.2 Å². The molecular formula is C18H12Cl2F3N3O. The molecule has 0 spiro atoms. The van der Waals surface area contributed by atoms with E-state index in [0.717, 1.165) is 4.68 Å². The van der Waals surface area contributed by atoms with Crippen LogP contribution in [0.2, 0.25) is 10.0 Å². The molecule has 0 aliphatic heterocycles. The van der Waals surface area contributed by atoms with Crippen molar-refractivity contribution in [3.63, 3.8) is 0 Å². The number of nitrogens with zero attached hydrogens (tertiary/aromatic N) is 2. The normalized spacial score (nSPS) is 11.6. The zero-order valence-electron chi connectivity index (χ0n) is 13.8. The molecule has 0 aliphatic rings. The lowest BCUT2D eigenvalue weighted by Crippen LogP contribution is -2.18. The summed E-state index contributed by atoms with van der Waals surface area (Å²) in [7, 11) is 1.32. The van der Waals surface area contributed by atoms with Crippen molar-refractivity contribution in [3.05, 3.63) is 63.8 Å². The third-order valence-corrected chi connectivity index (χ3v) is 4.35. The van der Waals surface area contributed by atoms with E-state index in [1.54, 1.807) is 36.4 Å². The summed E-state index contributed by atoms with van der Waals surface area (Å²) >= 11 is 12.1. The van der Waals surface area contributed by atoms with Crippen LogP contribution in [0.15, 0.2) is 42.5 Å². The Hall–Kier alpha value is -2.51. The van der Waals surface area contributed by atoms with E-state index in [9.17, 15) is 18.0 Å². The number of nitrogens with two attached hydrogens (primary N) is 1. The van der Waals surface area contributed by atoms with E-state index in [-0.39, 0.29) is 5.69 Å². The fraction of sp³-hybridized carbons (Fsp3) is 0.111. The van der Waals surface area contributed by atoms with E-state index in [1.807, 2.05) is 0 Å². The number of amides is 1. The average Bonchev–Trinajstić information content (AvgIpc) is 2.91. The highest BCUT2D eigenvalue weighted by Gasteiger charge is 2.41. The van der Waals surface area contributed by atoms with Gasteiger partial charge in [0.05, 0.1) is 11.3 Å². The SMILES string of the molecule is Cn1nc(C(F)(F)F)c(C(N)=O)c1-c1ccccc1-c1cc(Cl)cc(Cl)c1. The van der Waals surface area contributed by atoms with Crippen LogP contribution in [0.5, 0.6) is 0 Å². The lowest BCUT2D eigenvalue weighted by molar-refractivity contribution is -0.141. The van der Waals surface area contributed by atoms with Gasteiger partial charge in [-0.2, -0.15) is 18.3 Å². The number of hydrogen-bond donors (Lipinski definition) is 1. The maximum atomic E-state index is 13.3. The molecule has 1 heterocycles. The predicted molar refractivity (Wildman–Crippen MR) is 97.6 cm³/mol. The fourth-order valence-corrected chi connectivity index (χ4v) is 3.44. The lowest BCUT2D eigenvalue weighted by atomic mass is 9.95. The first kappa shape index (κ1) is 19.3. The molecule has 0 radical (unpaired) electrons. The van der Waals surface area contributed by atoms with Crippen molar-refractivity contribution >= 4 is 29.1 Å². The highest BCUT2D eigenvalue weighted by atomic mass is 35.5. The average molecular weight is 414 g/mol. The summed E-state index contributed by atoms with van der Waals surface area (Å²) in [5, 5.41) is 4.22. The largest absolute Gasteiger partial charge is 0.435 e. The number of halogens is 5. The Balaban J connectivity index is 2.34. The fourth-order valence-electron chi connectivity index (χ4n) is 2.92. The summed E-state index contributed by atoms with van der Waals surface area (Å²) in [4.78, 5) is 11.9. The number of carbonyl (C=O) groups is 1. The molecule has 2 aromatic carbocycles. The molecule has 2 N–H and O–H groups in total. The van der Waals surface area contributed by atoms with Gasteiger partial charge in [-0.05, 0) is 29.3 Å². The molecule has 0 fully saturated rings. The monoisotopic (exact) mass is 413 g/mol. The van der Waals surface area contributed by atoms with Gasteiger partial charge in [0.2, 0.25) is 0 Å². The molecule has 0 atom stereocenters. The van der Waals surface area contributed by atoms with E-state index in [4.69, 9.17) is 28.9 Å². The number of rotatable bonds is 3. The summed E-state index contributed by atoms with van der Waals surface area (Å²) in [6.45, 7) is 0. The van der Waals surface area contributed by atoms with Crippen molar-refractivity contribution in [1.82, 2.24) is 9.78 Å². The van der Waals surface area contributed by atoms with Gasteiger partial charge < -0.3 is 5.73 Å². The predicted octanol–water partition coefficient (Wildman–Crippen LogP) is 5.18. The molecule has 1 aromatic heterocycles. The number of aryl methyl sites for hydroxylation is 1. The van der Waals surface area contributed by atoms with E-state index in [1.165, 1.54) is 13.1 Å². The van der Waals surface area contributed by atoms with E-state index < -0.39 is 23.3 Å². The molecule has 1 amide bonds. The first-order valence-corrected chi connectivity index (χ1v) is 8.35. The van der Waals surface area contributed by atoms with E-state index in [2.05, 4.69) is 5.10 Å². The van der Waals surface area contributed by atoms with Gasteiger partial charge in [0, 0.05) is 22.7 Å². The van der Waals surface area contributed by atoms with Gasteiger partial charge in [0.15, 0.2) is 5.69 Å². The minimum atomic E-state index is -4.82. The number of aromatic nitrogens is 2. The third-order valence-electron chi connectivity index (χ3n) is 3.92. The first-order chi connectivity index (χ1) is 12.6. The summed E-state index contributed by atoms with van der Waals surface area (Å²) in [5.41, 5.74) is 4.66. The molecule has 0 saturated heterocycles. The van der Waals surface area contributed by atoms with Gasteiger partial charge in [-0.25, -0.2) is 0 Å². The summed E-state index contributed by atoms with van der Waals surface area (Å²) in [6.07, 6.45) is -4.82. The number of carbonyl (C=O) groups excluding carboxylic acids is 1. The molecule has 3 rings (SSSR count). The van der Waals surface area contributed by atoms with Crippen molar-refractivity contribution in [2.45, 2.75) is 6.18 Å². The smallest absolute Gasteiger partial charge is 0.365 e. The lowest BCUT2D eigenvalue weighted by Gasteiger charge is -2.12. The highest BCUT2D eigenvalue weighted by Crippen LogP contribution is 2.40. The van der Waals surface area contributed by atoms with Gasteiger partial charge in [0.25, 0.3) is 5.91 Å². The van der Waals surface area contributed by atoms with Crippen molar-refractivity contribution in [3.8, 4) is 22.4 Å². The number of alkyl halides is 3. The van der Waals surface area contributed by atoms with E-state index >= 15 is 0 Å². The van der Waals surface area contributed by atoms with Crippen LogP contribution in [-0.4, -0.2) is 15.7 Å². The van der Waals surface area contributed by atoms with Gasteiger partial charge in [-0.15, -0.1) is 0 Å². The maximum absolute atomic E-state index is 13.3. The molecular weight excluding hydrogens is 402 g/mol. The molecule has 140 valence electrons. The quantitative estimate of drug-likeness (QED) is 0.642. The summed E-state index contributed by atoms with van der Waals surface area (Å²) in [5.74, 6) is -1.22. The molecule has 0 aliphatic carbocycles. The zero-order chi connectivity index (χ0) is 19.9. The van der Waals surface area contributed by atoms with Gasteiger partial charge in [-0.3, -0.25) is 9.48 Å². The number of hydrogen-bond acceptors (Lipinski definition) is 2. The maximum Gasteiger partial charge on any atom is 0.435 e. The second-order valence-electron chi connectivity index (χ2n) is 5.76. The van der Waals surface area contributed by atoms with E-state index in [0.29, 0.717) is 26.7 Å². The molecule has 0 bridgehead atoms. The van der Waals surface area contributed by atoms with Crippen LogP contribution in [0.3, 0.4) is 0 Å². The van der Waals surface area contributed by atoms with Crippen LogP contribution in [0.25, 0.3) is 22.4 Å². The zero-order valence-corrected chi connectivity index (χ0v) is 15.3. The standard InChI is InChI=1S/C18H12Cl2F3N3O/c1-26-15(14(17(24)27)16(25-26)18(21,22)23)13-5-3-2-4-12(13)9-6-10(19)8-11(20)7-9/h2-8H,1H3,(H2,24,27). The Kier molecular flexibility index (Phi) is 4.92. The van der Waals surface area contributed by atoms with Crippen molar-refractivity contribution in [2.75, 3.05) is 0 Å². The van der Waals surface area contributed by atoms with Gasteiger partial charge in [0.1, 0.15) is 0 Å². The first-order valence-electron chi connectivity index (χ1n) is 7.59. The van der Waals surface area contributed by atoms with Crippen molar-refractivity contribution in [2.24, 2.45) is 12.8 Å². The molecule has 27 heavy (non-hydrogen) atoms. The Morgan fingerprint density at radius 1 is 1.07 bits per heavy atom. The Bertz CT molecular complexity index is 1020. The highest BCUT2D eigenvalue weighted by molar-refractivity contribution is 6.35. The molecule has 9 heteroatoms. The number of primary amides is 1. The minimum Gasteiger partial charge on any atom is -0.365 e. The third kappa shape index (κ3) is 3.65. The van der Waals surface area contributed by atoms with Crippen LogP contribution in [0.4, 0.5) is 13.2 Å². The second kappa shape index (κ2) is 6.90. The van der Waals surface area contributed by atoms with Crippen LogP contribution in [0.1, 0.15) is 16.1 Å². The van der Waals surface area contributed by atoms with Crippen LogP contribution < -0.4 is 5.73 Å². The second-order valence-corrected chi connectivity index (χ2v) is 6.63. The molecule has 0 unspecified atom stereocenters. The molecule has 0 saturated carbocycles.